The summed E-state index contributed by atoms with van der Waals surface area (Å²) in [6.07, 6.45) is 5.97. The van der Waals surface area contributed by atoms with Gasteiger partial charge in [-0.3, -0.25) is 14.7 Å². The Labute approximate surface area is 205 Å². The number of aromatic nitrogens is 3. The van der Waals surface area contributed by atoms with Gasteiger partial charge in [-0.2, -0.15) is 5.10 Å². The van der Waals surface area contributed by atoms with E-state index in [2.05, 4.69) is 25.8 Å². The van der Waals surface area contributed by atoms with Crippen molar-refractivity contribution in [1.29, 1.82) is 0 Å². The Hall–Kier alpha value is -3.46. The number of oxazole rings is 1. The monoisotopic (exact) mass is 479 g/mol. The molecule has 1 aliphatic heterocycles. The Morgan fingerprint density at radius 3 is 2.60 bits per heavy atom. The quantitative estimate of drug-likeness (QED) is 0.398. The van der Waals surface area contributed by atoms with Gasteiger partial charge in [0.1, 0.15) is 0 Å². The van der Waals surface area contributed by atoms with Gasteiger partial charge in [0.2, 0.25) is 11.7 Å². The van der Waals surface area contributed by atoms with Crippen molar-refractivity contribution in [2.75, 3.05) is 6.61 Å². The highest BCUT2D eigenvalue weighted by atomic mass is 16.5. The van der Waals surface area contributed by atoms with Gasteiger partial charge >= 0.3 is 0 Å². The van der Waals surface area contributed by atoms with Crippen LogP contribution in [-0.2, 0) is 4.74 Å². The minimum Gasteiger partial charge on any atom is -0.431 e. The second-order valence-electron chi connectivity index (χ2n) is 8.80. The number of amides is 2. The summed E-state index contributed by atoms with van der Waals surface area (Å²) in [7, 11) is 0. The molecule has 1 saturated heterocycles. The van der Waals surface area contributed by atoms with E-state index in [9.17, 15) is 9.59 Å². The maximum atomic E-state index is 12.8. The molecule has 35 heavy (non-hydrogen) atoms. The molecule has 2 amide bonds. The van der Waals surface area contributed by atoms with Crippen molar-refractivity contribution in [1.82, 2.24) is 25.8 Å². The fraction of sp³-hybridized carbons (Fsp3) is 0.462. The van der Waals surface area contributed by atoms with Crippen LogP contribution in [0.15, 0.2) is 40.9 Å². The van der Waals surface area contributed by atoms with Crippen LogP contribution < -0.4 is 10.6 Å². The second-order valence-corrected chi connectivity index (χ2v) is 8.80. The number of ether oxygens (including phenoxy) is 1. The van der Waals surface area contributed by atoms with Crippen LogP contribution in [0.5, 0.6) is 0 Å². The highest BCUT2D eigenvalue weighted by Gasteiger charge is 2.27. The Bertz CT molecular complexity index is 1140. The van der Waals surface area contributed by atoms with Crippen LogP contribution in [0.3, 0.4) is 0 Å². The van der Waals surface area contributed by atoms with Crippen LogP contribution in [0.1, 0.15) is 73.9 Å². The molecule has 0 spiro atoms. The van der Waals surface area contributed by atoms with E-state index in [1.807, 2.05) is 45.0 Å². The average molecular weight is 480 g/mol. The topological polar surface area (TPSA) is 122 Å². The third-order valence-corrected chi connectivity index (χ3v) is 6.45. The number of nitrogens with zero attached hydrogens (tertiary/aromatic N) is 2. The van der Waals surface area contributed by atoms with Crippen molar-refractivity contribution in [3.05, 3.63) is 48.0 Å². The molecule has 4 rings (SSSR count). The zero-order chi connectivity index (χ0) is 24.8. The molecule has 3 heterocycles. The van der Waals surface area contributed by atoms with E-state index in [1.54, 1.807) is 6.07 Å². The minimum atomic E-state index is -0.272. The lowest BCUT2D eigenvalue weighted by atomic mass is 10.1. The highest BCUT2D eigenvalue weighted by molar-refractivity contribution is 5.94. The molecule has 2 unspecified atom stereocenters. The van der Waals surface area contributed by atoms with Gasteiger partial charge in [0.15, 0.2) is 5.69 Å². The molecule has 3 aromatic rings. The summed E-state index contributed by atoms with van der Waals surface area (Å²) in [5.74, 6) is 0.0222. The Balaban J connectivity index is 1.46. The zero-order valence-corrected chi connectivity index (χ0v) is 20.5. The van der Waals surface area contributed by atoms with Crippen LogP contribution in [0.2, 0.25) is 0 Å². The lowest BCUT2D eigenvalue weighted by Crippen LogP contribution is -2.42. The molecule has 0 aliphatic carbocycles. The SMILES string of the molecule is CCC(CC)NC(=O)c1cnc(-c2cccc(-c3cc(C(=O)NC(CC)C4CCCO4)n[nH]3)c2)o1. The molecule has 0 radical (unpaired) electrons. The fourth-order valence-corrected chi connectivity index (χ4v) is 4.29. The number of hydrogen-bond donors (Lipinski definition) is 3. The predicted octanol–water partition coefficient (Wildman–Crippen LogP) is 4.34. The number of carbonyl (C=O) groups excluding carboxylic acids is 2. The summed E-state index contributed by atoms with van der Waals surface area (Å²) in [6, 6.07) is 9.30. The van der Waals surface area contributed by atoms with Crippen molar-refractivity contribution in [3.8, 4) is 22.7 Å². The smallest absolute Gasteiger partial charge is 0.288 e. The lowest BCUT2D eigenvalue weighted by Gasteiger charge is -2.22. The molecule has 1 aromatic carbocycles. The highest BCUT2D eigenvalue weighted by Crippen LogP contribution is 2.26. The van der Waals surface area contributed by atoms with Gasteiger partial charge in [-0.05, 0) is 50.3 Å². The second kappa shape index (κ2) is 11.3. The van der Waals surface area contributed by atoms with E-state index in [-0.39, 0.29) is 35.8 Å². The van der Waals surface area contributed by atoms with Crippen molar-refractivity contribution in [2.45, 2.75) is 71.1 Å². The van der Waals surface area contributed by atoms with Gasteiger partial charge in [-0.25, -0.2) is 4.98 Å². The van der Waals surface area contributed by atoms with E-state index in [0.717, 1.165) is 44.3 Å². The third-order valence-electron chi connectivity index (χ3n) is 6.45. The summed E-state index contributed by atoms with van der Waals surface area (Å²) in [5, 5.41) is 13.2. The van der Waals surface area contributed by atoms with Crippen molar-refractivity contribution < 1.29 is 18.7 Å². The van der Waals surface area contributed by atoms with Gasteiger partial charge in [-0.15, -0.1) is 0 Å². The largest absolute Gasteiger partial charge is 0.431 e. The fourth-order valence-electron chi connectivity index (χ4n) is 4.29. The van der Waals surface area contributed by atoms with Gasteiger partial charge in [0, 0.05) is 23.8 Å². The first kappa shape index (κ1) is 24.7. The Kier molecular flexibility index (Phi) is 7.97. The number of carbonyl (C=O) groups is 2. The Morgan fingerprint density at radius 1 is 1.09 bits per heavy atom. The maximum Gasteiger partial charge on any atom is 0.288 e. The number of hydrogen-bond acceptors (Lipinski definition) is 6. The van der Waals surface area contributed by atoms with Gasteiger partial charge < -0.3 is 19.8 Å². The van der Waals surface area contributed by atoms with E-state index in [4.69, 9.17) is 9.15 Å². The molecule has 186 valence electrons. The molecule has 9 heteroatoms. The molecular formula is C26H33N5O4. The van der Waals surface area contributed by atoms with Crippen molar-refractivity contribution in [2.24, 2.45) is 0 Å². The van der Waals surface area contributed by atoms with E-state index < -0.39 is 0 Å². The van der Waals surface area contributed by atoms with Gasteiger partial charge in [0.25, 0.3) is 11.8 Å². The number of aromatic amines is 1. The maximum absolute atomic E-state index is 12.8. The summed E-state index contributed by atoms with van der Waals surface area (Å²) in [5.41, 5.74) is 2.55. The number of nitrogens with one attached hydrogen (secondary N) is 3. The third kappa shape index (κ3) is 5.79. The first-order valence-electron chi connectivity index (χ1n) is 12.4. The zero-order valence-electron chi connectivity index (χ0n) is 20.5. The van der Waals surface area contributed by atoms with Crippen molar-refractivity contribution in [3.63, 3.8) is 0 Å². The molecule has 1 aliphatic rings. The van der Waals surface area contributed by atoms with Crippen LogP contribution in [0.25, 0.3) is 22.7 Å². The predicted molar refractivity (Wildman–Crippen MR) is 132 cm³/mol. The first-order chi connectivity index (χ1) is 17.0. The average Bonchev–Trinajstić information content (AvgIpc) is 3.67. The standard InChI is InChI=1S/C26H33N5O4/c1-4-18(5-2)28-25(33)23-15-27-26(35-23)17-10-7-9-16(13-17)20-14-21(31-30-20)24(32)29-19(6-3)22-11-8-12-34-22/h7,9-10,13-15,18-19,22H,4-6,8,11-12H2,1-3H3,(H,28,33)(H,29,32)(H,30,31). The van der Waals surface area contributed by atoms with E-state index in [1.165, 1.54) is 6.20 Å². The molecule has 1 fully saturated rings. The molecule has 2 aromatic heterocycles. The van der Waals surface area contributed by atoms with Gasteiger partial charge in [0.05, 0.1) is 24.0 Å². The minimum absolute atomic E-state index is 0.0326. The molecule has 2 atom stereocenters. The normalized spacial score (nSPS) is 16.4. The van der Waals surface area contributed by atoms with E-state index in [0.29, 0.717) is 22.8 Å². The number of H-pyrrole nitrogens is 1. The first-order valence-corrected chi connectivity index (χ1v) is 12.4. The van der Waals surface area contributed by atoms with Crippen molar-refractivity contribution >= 4 is 11.8 Å². The molecule has 3 N–H and O–H groups in total. The summed E-state index contributed by atoms with van der Waals surface area (Å²) in [6.45, 7) is 6.84. The molecule has 9 nitrogen and oxygen atoms in total. The van der Waals surface area contributed by atoms with Crippen LogP contribution in [-0.4, -0.2) is 51.8 Å². The summed E-state index contributed by atoms with van der Waals surface area (Å²) in [4.78, 5) is 29.5. The molecule has 0 bridgehead atoms. The van der Waals surface area contributed by atoms with Crippen LogP contribution in [0, 0.1) is 0 Å². The van der Waals surface area contributed by atoms with Crippen LogP contribution in [0.4, 0.5) is 0 Å². The Morgan fingerprint density at radius 2 is 1.89 bits per heavy atom. The van der Waals surface area contributed by atoms with Crippen LogP contribution >= 0.6 is 0 Å². The molecule has 0 saturated carbocycles. The molecular weight excluding hydrogens is 446 g/mol. The number of rotatable bonds is 10. The van der Waals surface area contributed by atoms with Gasteiger partial charge in [-0.1, -0.05) is 32.9 Å². The van der Waals surface area contributed by atoms with E-state index >= 15 is 0 Å². The lowest BCUT2D eigenvalue weighted by molar-refractivity contribution is 0.0663. The summed E-state index contributed by atoms with van der Waals surface area (Å²) >= 11 is 0. The number of benzene rings is 1. The summed E-state index contributed by atoms with van der Waals surface area (Å²) < 4.78 is 11.5.